The van der Waals surface area contributed by atoms with Crippen LogP contribution in [0.15, 0.2) is 30.0 Å². The van der Waals surface area contributed by atoms with Crippen molar-refractivity contribution in [3.05, 3.63) is 45.1 Å². The minimum Gasteiger partial charge on any atom is -0.387 e. The van der Waals surface area contributed by atoms with Crippen LogP contribution in [0, 0.1) is 21.4 Å². The van der Waals surface area contributed by atoms with Gasteiger partial charge >= 0.3 is 0 Å². The Balaban J connectivity index is 2.14. The van der Waals surface area contributed by atoms with E-state index in [1.54, 1.807) is 6.07 Å². The van der Waals surface area contributed by atoms with Gasteiger partial charge in [0.15, 0.2) is 0 Å². The first-order chi connectivity index (χ1) is 10.0. The van der Waals surface area contributed by atoms with Crippen LogP contribution < -0.4 is 10.6 Å². The number of non-ortho nitro benzene ring substituents is 1. The SMILES string of the molecule is N#C/C(=C/NC1CC1)C(=O)Nc1cc([N+](=O)[O-])ccc1Cl. The highest BCUT2D eigenvalue weighted by Crippen LogP contribution is 2.27. The lowest BCUT2D eigenvalue weighted by atomic mass is 10.2. The van der Waals surface area contributed by atoms with Crippen LogP contribution in [0.25, 0.3) is 0 Å². The molecule has 8 heteroatoms. The molecule has 0 bridgehead atoms. The van der Waals surface area contributed by atoms with Crippen LogP contribution in [-0.4, -0.2) is 16.9 Å². The van der Waals surface area contributed by atoms with E-state index in [0.717, 1.165) is 18.9 Å². The third kappa shape index (κ3) is 3.94. The molecule has 0 aromatic heterocycles. The quantitative estimate of drug-likeness (QED) is 0.376. The van der Waals surface area contributed by atoms with Crippen molar-refractivity contribution in [2.75, 3.05) is 5.32 Å². The zero-order valence-corrected chi connectivity index (χ0v) is 11.6. The average Bonchev–Trinajstić information content (AvgIpc) is 3.25. The minimum atomic E-state index is -0.673. The maximum atomic E-state index is 11.9. The second-order valence-electron chi connectivity index (χ2n) is 4.49. The molecule has 0 spiro atoms. The van der Waals surface area contributed by atoms with Crippen molar-refractivity contribution in [1.82, 2.24) is 5.32 Å². The summed E-state index contributed by atoms with van der Waals surface area (Å²) >= 11 is 5.88. The Hall–Kier alpha value is -2.59. The summed E-state index contributed by atoms with van der Waals surface area (Å²) in [5.74, 6) is -0.673. The monoisotopic (exact) mass is 306 g/mol. The van der Waals surface area contributed by atoms with Crippen molar-refractivity contribution in [1.29, 1.82) is 5.26 Å². The first-order valence-electron chi connectivity index (χ1n) is 6.13. The zero-order chi connectivity index (χ0) is 15.4. The molecule has 0 atom stereocenters. The summed E-state index contributed by atoms with van der Waals surface area (Å²) in [6.07, 6.45) is 3.36. The van der Waals surface area contributed by atoms with Crippen LogP contribution in [0.3, 0.4) is 0 Å². The minimum absolute atomic E-state index is 0.0865. The predicted molar refractivity (Wildman–Crippen MR) is 76.6 cm³/mol. The molecule has 0 aliphatic heterocycles. The molecule has 0 saturated heterocycles. The highest BCUT2D eigenvalue weighted by molar-refractivity contribution is 6.34. The molecule has 1 aliphatic carbocycles. The topological polar surface area (TPSA) is 108 Å². The van der Waals surface area contributed by atoms with Gasteiger partial charge in [0.05, 0.1) is 15.6 Å². The summed E-state index contributed by atoms with van der Waals surface area (Å²) in [4.78, 5) is 22.0. The molecule has 2 N–H and O–H groups in total. The van der Waals surface area contributed by atoms with Gasteiger partial charge in [0.2, 0.25) is 0 Å². The van der Waals surface area contributed by atoms with Gasteiger partial charge < -0.3 is 10.6 Å². The van der Waals surface area contributed by atoms with Crippen LogP contribution in [0.5, 0.6) is 0 Å². The Kier molecular flexibility index (Phi) is 4.40. The highest BCUT2D eigenvalue weighted by Gasteiger charge is 2.20. The fraction of sp³-hybridized carbons (Fsp3) is 0.231. The van der Waals surface area contributed by atoms with E-state index in [9.17, 15) is 14.9 Å². The molecule has 0 radical (unpaired) electrons. The van der Waals surface area contributed by atoms with E-state index in [1.807, 2.05) is 0 Å². The van der Waals surface area contributed by atoms with Gasteiger partial charge in [0.25, 0.3) is 11.6 Å². The van der Waals surface area contributed by atoms with Crippen LogP contribution in [0.1, 0.15) is 12.8 Å². The van der Waals surface area contributed by atoms with E-state index >= 15 is 0 Å². The standard InChI is InChI=1S/C13H11ClN4O3/c14-11-4-3-10(18(20)21)5-12(11)17-13(19)8(6-15)7-16-9-1-2-9/h3-5,7,9,16H,1-2H2,(H,17,19)/b8-7-. The number of benzene rings is 1. The summed E-state index contributed by atoms with van der Waals surface area (Å²) < 4.78 is 0. The van der Waals surface area contributed by atoms with Crippen LogP contribution in [-0.2, 0) is 4.79 Å². The smallest absolute Gasteiger partial charge is 0.271 e. The molecule has 2 rings (SSSR count). The lowest BCUT2D eigenvalue weighted by Gasteiger charge is -2.06. The molecular weight excluding hydrogens is 296 g/mol. The number of carbonyl (C=O) groups is 1. The molecule has 7 nitrogen and oxygen atoms in total. The average molecular weight is 307 g/mol. The Morgan fingerprint density at radius 2 is 2.24 bits per heavy atom. The Bertz CT molecular complexity index is 662. The number of rotatable bonds is 5. The lowest BCUT2D eigenvalue weighted by molar-refractivity contribution is -0.384. The van der Waals surface area contributed by atoms with Gasteiger partial charge in [-0.1, -0.05) is 11.6 Å². The maximum absolute atomic E-state index is 11.9. The van der Waals surface area contributed by atoms with Crippen LogP contribution in [0.2, 0.25) is 5.02 Å². The molecule has 0 unspecified atom stereocenters. The van der Waals surface area contributed by atoms with Crippen LogP contribution in [0.4, 0.5) is 11.4 Å². The van der Waals surface area contributed by atoms with Crippen molar-refractivity contribution in [3.8, 4) is 6.07 Å². The number of nitriles is 1. The largest absolute Gasteiger partial charge is 0.387 e. The number of anilines is 1. The summed E-state index contributed by atoms with van der Waals surface area (Å²) in [6, 6.07) is 5.76. The van der Waals surface area contributed by atoms with E-state index in [4.69, 9.17) is 16.9 Å². The van der Waals surface area contributed by atoms with Gasteiger partial charge in [-0.05, 0) is 18.9 Å². The van der Waals surface area contributed by atoms with Gasteiger partial charge in [-0.2, -0.15) is 5.26 Å². The van der Waals surface area contributed by atoms with Gasteiger partial charge in [-0.25, -0.2) is 0 Å². The first-order valence-corrected chi connectivity index (χ1v) is 6.50. The Morgan fingerprint density at radius 1 is 1.52 bits per heavy atom. The number of nitro benzene ring substituents is 1. The number of halogens is 1. The fourth-order valence-electron chi connectivity index (χ4n) is 1.51. The Morgan fingerprint density at radius 3 is 2.81 bits per heavy atom. The first kappa shape index (κ1) is 14.8. The summed E-state index contributed by atoms with van der Waals surface area (Å²) in [7, 11) is 0. The molecule has 21 heavy (non-hydrogen) atoms. The number of nitro groups is 1. The second kappa shape index (κ2) is 6.24. The van der Waals surface area contributed by atoms with E-state index in [0.29, 0.717) is 6.04 Å². The third-order valence-corrected chi connectivity index (χ3v) is 3.14. The zero-order valence-electron chi connectivity index (χ0n) is 10.8. The van der Waals surface area contributed by atoms with E-state index in [2.05, 4.69) is 10.6 Å². The number of hydrogen-bond donors (Lipinski definition) is 2. The highest BCUT2D eigenvalue weighted by atomic mass is 35.5. The number of amides is 1. The molecular formula is C13H11ClN4O3. The van der Waals surface area contributed by atoms with Crippen molar-refractivity contribution in [2.45, 2.75) is 18.9 Å². The van der Waals surface area contributed by atoms with Crippen molar-refractivity contribution >= 4 is 28.9 Å². The molecule has 1 aromatic rings. The van der Waals surface area contributed by atoms with Crippen molar-refractivity contribution in [3.63, 3.8) is 0 Å². The molecule has 108 valence electrons. The van der Waals surface area contributed by atoms with Gasteiger partial charge in [0.1, 0.15) is 11.6 Å². The molecule has 0 heterocycles. The summed E-state index contributed by atoms with van der Waals surface area (Å²) in [5.41, 5.74) is -0.235. The number of nitrogens with zero attached hydrogens (tertiary/aromatic N) is 2. The molecule has 1 aromatic carbocycles. The molecule has 1 aliphatic rings. The summed E-state index contributed by atoms with van der Waals surface area (Å²) in [5, 5.41) is 25.1. The van der Waals surface area contributed by atoms with Crippen molar-refractivity contribution < 1.29 is 9.72 Å². The third-order valence-electron chi connectivity index (χ3n) is 2.81. The number of carbonyl (C=O) groups excluding carboxylic acids is 1. The molecule has 1 amide bonds. The second-order valence-corrected chi connectivity index (χ2v) is 4.89. The number of nitrogens with one attached hydrogen (secondary N) is 2. The van der Waals surface area contributed by atoms with Crippen LogP contribution >= 0.6 is 11.6 Å². The summed E-state index contributed by atoms with van der Waals surface area (Å²) in [6.45, 7) is 0. The fourth-order valence-corrected chi connectivity index (χ4v) is 1.68. The Labute approximate surface area is 125 Å². The predicted octanol–water partition coefficient (Wildman–Crippen LogP) is 2.35. The van der Waals surface area contributed by atoms with Gasteiger partial charge in [0, 0.05) is 24.4 Å². The molecule has 1 saturated carbocycles. The van der Waals surface area contributed by atoms with Gasteiger partial charge in [-0.15, -0.1) is 0 Å². The van der Waals surface area contributed by atoms with Gasteiger partial charge in [-0.3, -0.25) is 14.9 Å². The van der Waals surface area contributed by atoms with Crippen molar-refractivity contribution in [2.24, 2.45) is 0 Å². The lowest BCUT2D eigenvalue weighted by Crippen LogP contribution is -2.17. The normalized spacial score (nSPS) is 14.2. The maximum Gasteiger partial charge on any atom is 0.271 e. The van der Waals surface area contributed by atoms with E-state index < -0.39 is 10.8 Å². The van der Waals surface area contributed by atoms with E-state index in [1.165, 1.54) is 18.3 Å². The molecule has 1 fully saturated rings. The number of hydrogen-bond acceptors (Lipinski definition) is 5. The van der Waals surface area contributed by atoms with E-state index in [-0.39, 0.29) is 22.0 Å².